The number of pyridine rings is 1. The summed E-state index contributed by atoms with van der Waals surface area (Å²) in [5.74, 6) is -0.240. The highest BCUT2D eigenvalue weighted by molar-refractivity contribution is 5.96. The lowest BCUT2D eigenvalue weighted by atomic mass is 10.0. The van der Waals surface area contributed by atoms with Crippen molar-refractivity contribution in [3.8, 4) is 0 Å². The molecule has 0 radical (unpaired) electrons. The second kappa shape index (κ2) is 7.64. The van der Waals surface area contributed by atoms with Gasteiger partial charge in [-0.2, -0.15) is 0 Å². The minimum atomic E-state index is -0.919. The van der Waals surface area contributed by atoms with Gasteiger partial charge in [0.05, 0.1) is 5.56 Å². The Bertz CT molecular complexity index is 580. The van der Waals surface area contributed by atoms with E-state index < -0.39 is 12.0 Å². The Balaban J connectivity index is 1.72. The molecule has 24 heavy (non-hydrogen) atoms. The predicted octanol–water partition coefficient (Wildman–Crippen LogP) is 2.54. The summed E-state index contributed by atoms with van der Waals surface area (Å²) in [7, 11) is 0. The quantitative estimate of drug-likeness (QED) is 0.921. The fourth-order valence-corrected chi connectivity index (χ4v) is 3.60. The van der Waals surface area contributed by atoms with Crippen LogP contribution >= 0.6 is 0 Å². The van der Waals surface area contributed by atoms with Crippen molar-refractivity contribution in [1.82, 2.24) is 9.88 Å². The summed E-state index contributed by atoms with van der Waals surface area (Å²) in [5, 5.41) is 9.33. The van der Waals surface area contributed by atoms with E-state index in [2.05, 4.69) is 9.88 Å². The summed E-state index contributed by atoms with van der Waals surface area (Å²) in [5.41, 5.74) is 0.474. The van der Waals surface area contributed by atoms with E-state index in [-0.39, 0.29) is 5.91 Å². The van der Waals surface area contributed by atoms with Crippen molar-refractivity contribution in [2.75, 3.05) is 24.5 Å². The SMILES string of the molecule is O=C(O)[C@H]1CCCCN1C(=O)c1ccc(N2CCCCCC2)nc1. The second-order valence-electron chi connectivity index (χ2n) is 6.65. The first-order valence-electron chi connectivity index (χ1n) is 8.91. The van der Waals surface area contributed by atoms with Crippen molar-refractivity contribution >= 4 is 17.7 Å². The molecule has 0 unspecified atom stereocenters. The topological polar surface area (TPSA) is 73.7 Å². The molecule has 3 rings (SSSR count). The molecule has 0 aliphatic carbocycles. The van der Waals surface area contributed by atoms with Crippen molar-refractivity contribution in [2.45, 2.75) is 51.0 Å². The molecular formula is C18H25N3O3. The molecule has 0 spiro atoms. The van der Waals surface area contributed by atoms with Crippen LogP contribution in [0.4, 0.5) is 5.82 Å². The molecule has 3 heterocycles. The molecule has 130 valence electrons. The van der Waals surface area contributed by atoms with Gasteiger partial charge in [-0.1, -0.05) is 12.8 Å². The van der Waals surface area contributed by atoms with Crippen LogP contribution in [0.25, 0.3) is 0 Å². The molecular weight excluding hydrogens is 306 g/mol. The Labute approximate surface area is 142 Å². The van der Waals surface area contributed by atoms with E-state index in [0.29, 0.717) is 18.5 Å². The van der Waals surface area contributed by atoms with Crippen molar-refractivity contribution in [3.05, 3.63) is 23.9 Å². The molecule has 1 amide bonds. The third-order valence-electron chi connectivity index (χ3n) is 4.97. The number of amides is 1. The van der Waals surface area contributed by atoms with Gasteiger partial charge >= 0.3 is 5.97 Å². The fourth-order valence-electron chi connectivity index (χ4n) is 3.60. The second-order valence-corrected chi connectivity index (χ2v) is 6.65. The van der Waals surface area contributed by atoms with Crippen molar-refractivity contribution < 1.29 is 14.7 Å². The Hall–Kier alpha value is -2.11. The third-order valence-corrected chi connectivity index (χ3v) is 4.97. The number of likely N-dealkylation sites (tertiary alicyclic amines) is 1. The fraction of sp³-hybridized carbons (Fsp3) is 0.611. The smallest absolute Gasteiger partial charge is 0.326 e. The van der Waals surface area contributed by atoms with Crippen LogP contribution in [0.3, 0.4) is 0 Å². The zero-order chi connectivity index (χ0) is 16.9. The number of aliphatic carboxylic acids is 1. The summed E-state index contributed by atoms with van der Waals surface area (Å²) in [6.07, 6.45) is 8.71. The van der Waals surface area contributed by atoms with Crippen LogP contribution in [0.2, 0.25) is 0 Å². The van der Waals surface area contributed by atoms with Gasteiger partial charge in [-0.25, -0.2) is 9.78 Å². The molecule has 0 saturated carbocycles. The number of anilines is 1. The highest BCUT2D eigenvalue weighted by Gasteiger charge is 2.32. The lowest BCUT2D eigenvalue weighted by Gasteiger charge is -2.33. The molecule has 1 aromatic heterocycles. The highest BCUT2D eigenvalue weighted by atomic mass is 16.4. The van der Waals surface area contributed by atoms with Gasteiger partial charge in [0, 0.05) is 25.8 Å². The van der Waals surface area contributed by atoms with E-state index in [1.54, 1.807) is 12.3 Å². The predicted molar refractivity (Wildman–Crippen MR) is 91.2 cm³/mol. The molecule has 0 aromatic carbocycles. The monoisotopic (exact) mass is 331 g/mol. The van der Waals surface area contributed by atoms with Gasteiger partial charge in [0.1, 0.15) is 11.9 Å². The van der Waals surface area contributed by atoms with Crippen LogP contribution in [0.5, 0.6) is 0 Å². The Morgan fingerprint density at radius 3 is 2.33 bits per heavy atom. The van der Waals surface area contributed by atoms with Gasteiger partial charge in [0.15, 0.2) is 0 Å². The normalized spacial score (nSPS) is 22.1. The van der Waals surface area contributed by atoms with Crippen LogP contribution in [-0.4, -0.2) is 52.5 Å². The van der Waals surface area contributed by atoms with E-state index >= 15 is 0 Å². The number of piperidine rings is 1. The van der Waals surface area contributed by atoms with Gasteiger partial charge < -0.3 is 14.9 Å². The van der Waals surface area contributed by atoms with Crippen LogP contribution in [0.1, 0.15) is 55.3 Å². The number of nitrogens with zero attached hydrogens (tertiary/aromatic N) is 3. The van der Waals surface area contributed by atoms with Crippen molar-refractivity contribution in [1.29, 1.82) is 0 Å². The molecule has 6 nitrogen and oxygen atoms in total. The van der Waals surface area contributed by atoms with E-state index in [9.17, 15) is 14.7 Å². The van der Waals surface area contributed by atoms with Crippen LogP contribution in [0, 0.1) is 0 Å². The lowest BCUT2D eigenvalue weighted by molar-refractivity contribution is -0.143. The van der Waals surface area contributed by atoms with E-state index in [1.165, 1.54) is 30.6 Å². The zero-order valence-electron chi connectivity index (χ0n) is 14.0. The number of aromatic nitrogens is 1. The number of carbonyl (C=O) groups excluding carboxylic acids is 1. The van der Waals surface area contributed by atoms with Crippen LogP contribution in [-0.2, 0) is 4.79 Å². The first-order valence-corrected chi connectivity index (χ1v) is 8.91. The van der Waals surface area contributed by atoms with Crippen molar-refractivity contribution in [2.24, 2.45) is 0 Å². The molecule has 1 N–H and O–H groups in total. The number of hydrogen-bond acceptors (Lipinski definition) is 4. The van der Waals surface area contributed by atoms with Crippen LogP contribution < -0.4 is 4.90 Å². The number of rotatable bonds is 3. The minimum absolute atomic E-state index is 0.225. The largest absolute Gasteiger partial charge is 0.480 e. The summed E-state index contributed by atoms with van der Waals surface area (Å²) in [6.45, 7) is 2.52. The highest BCUT2D eigenvalue weighted by Crippen LogP contribution is 2.21. The summed E-state index contributed by atoms with van der Waals surface area (Å²) < 4.78 is 0. The van der Waals surface area contributed by atoms with Gasteiger partial charge in [-0.05, 0) is 44.2 Å². The van der Waals surface area contributed by atoms with E-state index in [1.807, 2.05) is 6.07 Å². The maximum absolute atomic E-state index is 12.7. The lowest BCUT2D eigenvalue weighted by Crippen LogP contribution is -2.48. The Kier molecular flexibility index (Phi) is 5.33. The standard InChI is InChI=1S/C18H25N3O3/c22-17(21-12-6-3-7-15(21)18(23)24)14-8-9-16(19-13-14)20-10-4-1-2-5-11-20/h8-9,13,15H,1-7,10-12H2,(H,23,24)/t15-/m1/s1. The minimum Gasteiger partial charge on any atom is -0.480 e. The molecule has 2 saturated heterocycles. The first-order chi connectivity index (χ1) is 11.7. The molecule has 2 fully saturated rings. The molecule has 6 heteroatoms. The van der Waals surface area contributed by atoms with Gasteiger partial charge in [-0.3, -0.25) is 4.79 Å². The molecule has 0 bridgehead atoms. The summed E-state index contributed by atoms with van der Waals surface area (Å²) in [6, 6.07) is 2.96. The van der Waals surface area contributed by atoms with Crippen LogP contribution in [0.15, 0.2) is 18.3 Å². The maximum Gasteiger partial charge on any atom is 0.326 e. The number of carboxylic acid groups (broad SMARTS) is 1. The molecule has 1 atom stereocenters. The third kappa shape index (κ3) is 3.68. The first kappa shape index (κ1) is 16.7. The maximum atomic E-state index is 12.7. The Morgan fingerprint density at radius 2 is 1.71 bits per heavy atom. The molecule has 1 aromatic rings. The van der Waals surface area contributed by atoms with E-state index in [0.717, 1.165) is 31.7 Å². The number of carboxylic acids is 1. The molecule has 2 aliphatic heterocycles. The average Bonchev–Trinajstić information content (AvgIpc) is 2.90. The Morgan fingerprint density at radius 1 is 1.00 bits per heavy atom. The van der Waals surface area contributed by atoms with Gasteiger partial charge in [-0.15, -0.1) is 0 Å². The summed E-state index contributed by atoms with van der Waals surface area (Å²) >= 11 is 0. The zero-order valence-corrected chi connectivity index (χ0v) is 14.0. The average molecular weight is 331 g/mol. The number of hydrogen-bond donors (Lipinski definition) is 1. The van der Waals surface area contributed by atoms with Crippen molar-refractivity contribution in [3.63, 3.8) is 0 Å². The molecule has 2 aliphatic rings. The number of carbonyl (C=O) groups is 2. The van der Waals surface area contributed by atoms with Gasteiger partial charge in [0.25, 0.3) is 5.91 Å². The summed E-state index contributed by atoms with van der Waals surface area (Å²) in [4.78, 5) is 32.3. The van der Waals surface area contributed by atoms with E-state index in [4.69, 9.17) is 0 Å². The van der Waals surface area contributed by atoms with Gasteiger partial charge in [0.2, 0.25) is 0 Å².